The second kappa shape index (κ2) is 8.75. The number of aromatic amines is 1. The summed E-state index contributed by atoms with van der Waals surface area (Å²) in [4.78, 5) is 21.6. The van der Waals surface area contributed by atoms with E-state index < -0.39 is 5.91 Å². The fourth-order valence-electron chi connectivity index (χ4n) is 3.05. The number of carbonyl (C=O) groups excluding carboxylic acids is 1. The Hall–Kier alpha value is -3.72. The second-order valence-corrected chi connectivity index (χ2v) is 6.91. The van der Waals surface area contributed by atoms with E-state index in [9.17, 15) is 4.79 Å². The van der Waals surface area contributed by atoms with Gasteiger partial charge in [0.15, 0.2) is 5.76 Å². The minimum absolute atomic E-state index is 0.134. The van der Waals surface area contributed by atoms with Crippen molar-refractivity contribution in [1.29, 1.82) is 0 Å². The standard InChI is InChI=1S/C21H22N6O3/c1-29-15-8-14(9-15)24-12-17(20(22)16-4-2-3-7-23-16)27-21(28)19-6-5-18(30-19)13-10-25-26-11-13/h2-7,10-12,14-15H,8-9,22H2,1H3,(H,25,26)(H,27,28). The molecule has 0 bridgehead atoms. The van der Waals surface area contributed by atoms with Crippen LogP contribution in [0.1, 0.15) is 29.1 Å². The summed E-state index contributed by atoms with van der Waals surface area (Å²) in [5, 5.41) is 9.39. The van der Waals surface area contributed by atoms with Crippen molar-refractivity contribution in [3.8, 4) is 11.3 Å². The Morgan fingerprint density at radius 3 is 2.93 bits per heavy atom. The van der Waals surface area contributed by atoms with E-state index in [1.165, 1.54) is 0 Å². The lowest BCUT2D eigenvalue weighted by molar-refractivity contribution is 0.0286. The van der Waals surface area contributed by atoms with Gasteiger partial charge in [0.25, 0.3) is 5.91 Å². The van der Waals surface area contributed by atoms with Crippen molar-refractivity contribution in [3.63, 3.8) is 0 Å². The van der Waals surface area contributed by atoms with E-state index >= 15 is 0 Å². The van der Waals surface area contributed by atoms with Gasteiger partial charge in [-0.15, -0.1) is 0 Å². The van der Waals surface area contributed by atoms with Crippen LogP contribution in [0.2, 0.25) is 0 Å². The molecule has 1 aliphatic rings. The van der Waals surface area contributed by atoms with Crippen LogP contribution in [0.15, 0.2) is 64.0 Å². The van der Waals surface area contributed by atoms with Crippen LogP contribution >= 0.6 is 0 Å². The zero-order valence-electron chi connectivity index (χ0n) is 16.4. The van der Waals surface area contributed by atoms with Crippen LogP contribution in [-0.4, -0.2) is 46.6 Å². The van der Waals surface area contributed by atoms with Gasteiger partial charge in [-0.3, -0.25) is 19.9 Å². The summed E-state index contributed by atoms with van der Waals surface area (Å²) in [5.74, 6) is 0.244. The average Bonchev–Trinajstić information content (AvgIpc) is 3.43. The highest BCUT2D eigenvalue weighted by atomic mass is 16.5. The zero-order valence-corrected chi connectivity index (χ0v) is 16.4. The number of aliphatic imine (C=N–C) groups is 1. The molecule has 9 nitrogen and oxygen atoms in total. The van der Waals surface area contributed by atoms with Crippen molar-refractivity contribution in [3.05, 3.63) is 66.1 Å². The number of allylic oxidation sites excluding steroid dienone is 1. The molecule has 9 heteroatoms. The molecule has 4 N–H and O–H groups in total. The fraction of sp³-hybridized carbons (Fsp3) is 0.238. The average molecular weight is 406 g/mol. The van der Waals surface area contributed by atoms with Gasteiger partial charge in [-0.2, -0.15) is 5.10 Å². The first kappa shape index (κ1) is 19.6. The first-order valence-electron chi connectivity index (χ1n) is 9.51. The van der Waals surface area contributed by atoms with Gasteiger partial charge < -0.3 is 20.2 Å². The molecule has 0 atom stereocenters. The Kier molecular flexibility index (Phi) is 5.71. The summed E-state index contributed by atoms with van der Waals surface area (Å²) in [6, 6.07) is 8.82. The van der Waals surface area contributed by atoms with Crippen molar-refractivity contribution in [2.45, 2.75) is 25.0 Å². The van der Waals surface area contributed by atoms with Gasteiger partial charge in [0.1, 0.15) is 5.76 Å². The first-order valence-corrected chi connectivity index (χ1v) is 9.51. The minimum atomic E-state index is -0.437. The lowest BCUT2D eigenvalue weighted by Gasteiger charge is -2.31. The number of methoxy groups -OCH3 is 1. The Morgan fingerprint density at radius 2 is 2.23 bits per heavy atom. The molecule has 30 heavy (non-hydrogen) atoms. The maximum absolute atomic E-state index is 12.8. The number of aromatic nitrogens is 3. The molecule has 0 aromatic carbocycles. The number of H-pyrrole nitrogens is 1. The van der Waals surface area contributed by atoms with Gasteiger partial charge in [0.2, 0.25) is 0 Å². The summed E-state index contributed by atoms with van der Waals surface area (Å²) < 4.78 is 10.9. The van der Waals surface area contributed by atoms with Crippen LogP contribution in [0, 0.1) is 0 Å². The van der Waals surface area contributed by atoms with Crippen molar-refractivity contribution in [2.75, 3.05) is 7.11 Å². The van der Waals surface area contributed by atoms with Gasteiger partial charge in [-0.25, -0.2) is 0 Å². The summed E-state index contributed by atoms with van der Waals surface area (Å²) in [6.07, 6.45) is 8.42. The third-order valence-corrected chi connectivity index (χ3v) is 4.91. The highest BCUT2D eigenvalue weighted by Gasteiger charge is 2.28. The van der Waals surface area contributed by atoms with Gasteiger partial charge >= 0.3 is 0 Å². The van der Waals surface area contributed by atoms with Gasteiger partial charge in [-0.1, -0.05) is 6.07 Å². The predicted octanol–water partition coefficient (Wildman–Crippen LogP) is 2.37. The Morgan fingerprint density at radius 1 is 1.37 bits per heavy atom. The molecule has 0 saturated heterocycles. The topological polar surface area (TPSA) is 131 Å². The second-order valence-electron chi connectivity index (χ2n) is 6.91. The quantitative estimate of drug-likeness (QED) is 0.516. The van der Waals surface area contributed by atoms with Gasteiger partial charge in [0, 0.05) is 25.7 Å². The predicted molar refractivity (Wildman–Crippen MR) is 111 cm³/mol. The molecule has 3 heterocycles. The highest BCUT2D eigenvalue weighted by Crippen LogP contribution is 2.26. The van der Waals surface area contributed by atoms with E-state index in [0.717, 1.165) is 18.4 Å². The number of carbonyl (C=O) groups is 1. The van der Waals surface area contributed by atoms with Crippen LogP contribution < -0.4 is 11.1 Å². The summed E-state index contributed by atoms with van der Waals surface area (Å²) in [7, 11) is 1.69. The van der Waals surface area contributed by atoms with Crippen LogP contribution in [0.5, 0.6) is 0 Å². The van der Waals surface area contributed by atoms with Crippen LogP contribution in [0.4, 0.5) is 0 Å². The SMILES string of the molecule is COC1CC(N=CC(NC(=O)c2ccc(-c3cn[nH]c3)o2)=C(N)c2ccccn2)C1. The normalized spacial score (nSPS) is 19.4. The fourth-order valence-corrected chi connectivity index (χ4v) is 3.05. The van der Waals surface area contributed by atoms with Crippen molar-refractivity contribution in [2.24, 2.45) is 10.7 Å². The number of rotatable bonds is 7. The maximum atomic E-state index is 12.8. The van der Waals surface area contributed by atoms with Crippen molar-refractivity contribution in [1.82, 2.24) is 20.5 Å². The molecule has 3 aromatic heterocycles. The van der Waals surface area contributed by atoms with Gasteiger partial charge in [-0.05, 0) is 37.1 Å². The molecular weight excluding hydrogens is 384 g/mol. The maximum Gasteiger partial charge on any atom is 0.291 e. The number of amides is 1. The molecule has 3 aromatic rings. The number of nitrogens with two attached hydrogens (primary N) is 1. The molecular formula is C21H22N6O3. The van der Waals surface area contributed by atoms with Gasteiger partial charge in [0.05, 0.1) is 41.0 Å². The summed E-state index contributed by atoms with van der Waals surface area (Å²) in [5.41, 5.74) is 8.26. The van der Waals surface area contributed by atoms with E-state index in [1.807, 2.05) is 6.07 Å². The molecule has 1 fully saturated rings. The third-order valence-electron chi connectivity index (χ3n) is 4.91. The molecule has 4 rings (SSSR count). The molecule has 154 valence electrons. The number of hydrogen-bond donors (Lipinski definition) is 3. The Bertz CT molecular complexity index is 1050. The number of nitrogens with one attached hydrogen (secondary N) is 2. The number of hydrogen-bond acceptors (Lipinski definition) is 7. The van der Waals surface area contributed by atoms with Crippen LogP contribution in [0.3, 0.4) is 0 Å². The molecule has 0 spiro atoms. The van der Waals surface area contributed by atoms with E-state index in [1.54, 1.807) is 56.2 Å². The number of pyridine rings is 1. The molecule has 1 aliphatic carbocycles. The number of ether oxygens (including phenoxy) is 1. The lowest BCUT2D eigenvalue weighted by atomic mass is 9.90. The highest BCUT2D eigenvalue weighted by molar-refractivity contribution is 6.00. The molecule has 1 amide bonds. The number of nitrogens with zero attached hydrogens (tertiary/aromatic N) is 3. The van der Waals surface area contributed by atoms with E-state index in [2.05, 4.69) is 25.5 Å². The largest absolute Gasteiger partial charge is 0.451 e. The zero-order chi connectivity index (χ0) is 20.9. The smallest absolute Gasteiger partial charge is 0.291 e. The molecule has 0 aliphatic heterocycles. The monoisotopic (exact) mass is 406 g/mol. The van der Waals surface area contributed by atoms with Crippen LogP contribution in [-0.2, 0) is 4.74 Å². The van der Waals surface area contributed by atoms with E-state index in [4.69, 9.17) is 14.9 Å². The van der Waals surface area contributed by atoms with Crippen molar-refractivity contribution >= 4 is 17.8 Å². The van der Waals surface area contributed by atoms with E-state index in [0.29, 0.717) is 22.8 Å². The summed E-state index contributed by atoms with van der Waals surface area (Å²) >= 11 is 0. The lowest BCUT2D eigenvalue weighted by Crippen LogP contribution is -2.34. The summed E-state index contributed by atoms with van der Waals surface area (Å²) in [6.45, 7) is 0. The number of furan rings is 1. The molecule has 0 radical (unpaired) electrons. The Balaban J connectivity index is 1.55. The first-order chi connectivity index (χ1) is 14.6. The molecule has 1 saturated carbocycles. The van der Waals surface area contributed by atoms with Crippen LogP contribution in [0.25, 0.3) is 17.0 Å². The van der Waals surface area contributed by atoms with E-state index in [-0.39, 0.29) is 17.9 Å². The molecule has 0 unspecified atom stereocenters. The third kappa shape index (κ3) is 4.31. The minimum Gasteiger partial charge on any atom is -0.451 e. The van der Waals surface area contributed by atoms with Crippen molar-refractivity contribution < 1.29 is 13.9 Å². The Labute approximate surface area is 173 Å².